The van der Waals surface area contributed by atoms with E-state index >= 15 is 0 Å². The Kier molecular flexibility index (Phi) is 4.72. The highest BCUT2D eigenvalue weighted by atomic mass is 16.1. The Hall–Kier alpha value is -2.47. The van der Waals surface area contributed by atoms with E-state index in [-0.39, 0.29) is 11.6 Å². The van der Waals surface area contributed by atoms with Crippen molar-refractivity contribution in [2.24, 2.45) is 0 Å². The zero-order valence-corrected chi connectivity index (χ0v) is 16.2. The predicted molar refractivity (Wildman–Crippen MR) is 109 cm³/mol. The highest BCUT2D eigenvalue weighted by Gasteiger charge is 2.32. The average Bonchev–Trinajstić information content (AvgIpc) is 3.48. The van der Waals surface area contributed by atoms with Crippen molar-refractivity contribution < 1.29 is 0 Å². The number of hydrogen-bond donors (Lipinski definition) is 0. The molecular weight excluding hydrogens is 350 g/mol. The minimum atomic E-state index is 0.147. The second-order valence-corrected chi connectivity index (χ2v) is 8.10. The second kappa shape index (κ2) is 7.51. The van der Waals surface area contributed by atoms with Gasteiger partial charge in [-0.1, -0.05) is 25.0 Å². The second-order valence-electron chi connectivity index (χ2n) is 8.10. The maximum Gasteiger partial charge on any atom is 0.261 e. The van der Waals surface area contributed by atoms with Gasteiger partial charge in [-0.25, -0.2) is 9.97 Å². The SMILES string of the molecule is O=c1c2ccccc2nc(C2CCCN2CCn2ccnc2)n1C1CCCC1. The van der Waals surface area contributed by atoms with E-state index < -0.39 is 0 Å². The van der Waals surface area contributed by atoms with Gasteiger partial charge in [0.1, 0.15) is 5.82 Å². The Morgan fingerprint density at radius 2 is 1.89 bits per heavy atom. The summed E-state index contributed by atoms with van der Waals surface area (Å²) in [4.78, 5) is 25.1. The van der Waals surface area contributed by atoms with Crippen molar-refractivity contribution in [3.05, 3.63) is 59.2 Å². The van der Waals surface area contributed by atoms with Gasteiger partial charge in [-0.2, -0.15) is 0 Å². The molecule has 6 heteroatoms. The van der Waals surface area contributed by atoms with Crippen LogP contribution in [-0.4, -0.2) is 37.1 Å². The van der Waals surface area contributed by atoms with Crippen LogP contribution in [0.3, 0.4) is 0 Å². The minimum Gasteiger partial charge on any atom is -0.336 e. The molecule has 146 valence electrons. The number of imidazole rings is 1. The van der Waals surface area contributed by atoms with Crippen LogP contribution in [0.1, 0.15) is 56.4 Å². The molecule has 0 amide bonds. The molecule has 1 unspecified atom stereocenters. The van der Waals surface area contributed by atoms with E-state index in [4.69, 9.17) is 4.98 Å². The standard InChI is InChI=1S/C22H27N5O/c28-22-18-8-3-4-9-19(18)24-21(27(22)17-6-1-2-7-17)20-10-5-12-26(20)15-14-25-13-11-23-16-25/h3-4,8-9,11,13,16-17,20H,1-2,5-7,10,12,14-15H2. The Labute approximate surface area is 164 Å². The molecule has 5 rings (SSSR count). The third kappa shape index (κ3) is 3.15. The summed E-state index contributed by atoms with van der Waals surface area (Å²) in [7, 11) is 0. The van der Waals surface area contributed by atoms with Crippen LogP contribution in [0, 0.1) is 0 Å². The molecule has 1 aromatic carbocycles. The zero-order chi connectivity index (χ0) is 18.9. The fourth-order valence-corrected chi connectivity index (χ4v) is 4.96. The lowest BCUT2D eigenvalue weighted by Gasteiger charge is -2.28. The number of nitrogens with zero attached hydrogens (tertiary/aromatic N) is 5. The molecule has 0 spiro atoms. The molecule has 2 aromatic heterocycles. The summed E-state index contributed by atoms with van der Waals surface area (Å²) in [5.41, 5.74) is 0.979. The van der Waals surface area contributed by atoms with Crippen molar-refractivity contribution in [2.75, 3.05) is 13.1 Å². The van der Waals surface area contributed by atoms with Crippen molar-refractivity contribution in [3.63, 3.8) is 0 Å². The molecule has 3 aromatic rings. The Balaban J connectivity index is 1.54. The van der Waals surface area contributed by atoms with Gasteiger partial charge < -0.3 is 4.57 Å². The first-order valence-corrected chi connectivity index (χ1v) is 10.5. The molecule has 2 fully saturated rings. The Morgan fingerprint density at radius 1 is 1.04 bits per heavy atom. The lowest BCUT2D eigenvalue weighted by atomic mass is 10.1. The lowest BCUT2D eigenvalue weighted by Crippen LogP contribution is -2.35. The number of likely N-dealkylation sites (tertiary alicyclic amines) is 1. The van der Waals surface area contributed by atoms with Gasteiger partial charge in [0.05, 0.1) is 23.3 Å². The maximum absolute atomic E-state index is 13.4. The van der Waals surface area contributed by atoms with E-state index in [1.165, 1.54) is 12.8 Å². The Morgan fingerprint density at radius 3 is 2.71 bits per heavy atom. The minimum absolute atomic E-state index is 0.147. The molecule has 2 aliphatic rings. The summed E-state index contributed by atoms with van der Waals surface area (Å²) in [6.07, 6.45) is 12.5. The molecule has 0 N–H and O–H groups in total. The van der Waals surface area contributed by atoms with Gasteiger partial charge in [0.2, 0.25) is 0 Å². The first-order valence-electron chi connectivity index (χ1n) is 10.5. The summed E-state index contributed by atoms with van der Waals surface area (Å²) in [6.45, 7) is 2.93. The monoisotopic (exact) mass is 377 g/mol. The van der Waals surface area contributed by atoms with Crippen LogP contribution < -0.4 is 5.56 Å². The van der Waals surface area contributed by atoms with Crippen LogP contribution >= 0.6 is 0 Å². The maximum atomic E-state index is 13.4. The van der Waals surface area contributed by atoms with E-state index in [0.29, 0.717) is 6.04 Å². The number of rotatable bonds is 5. The van der Waals surface area contributed by atoms with Crippen LogP contribution in [0.4, 0.5) is 0 Å². The molecule has 1 aliphatic carbocycles. The van der Waals surface area contributed by atoms with Crippen molar-refractivity contribution in [2.45, 2.75) is 57.2 Å². The van der Waals surface area contributed by atoms with Gasteiger partial charge in [-0.3, -0.25) is 14.3 Å². The average molecular weight is 377 g/mol. The molecule has 1 saturated heterocycles. The van der Waals surface area contributed by atoms with E-state index in [1.807, 2.05) is 43.0 Å². The van der Waals surface area contributed by atoms with Crippen molar-refractivity contribution >= 4 is 10.9 Å². The molecule has 0 bridgehead atoms. The van der Waals surface area contributed by atoms with E-state index in [2.05, 4.69) is 19.0 Å². The summed E-state index contributed by atoms with van der Waals surface area (Å²) < 4.78 is 4.18. The van der Waals surface area contributed by atoms with Crippen molar-refractivity contribution in [1.82, 2.24) is 24.0 Å². The molecule has 0 radical (unpaired) electrons. The van der Waals surface area contributed by atoms with Gasteiger partial charge in [0.15, 0.2) is 0 Å². The van der Waals surface area contributed by atoms with Crippen LogP contribution in [-0.2, 0) is 6.54 Å². The Bertz CT molecular complexity index is 1000. The van der Waals surface area contributed by atoms with Crippen LogP contribution in [0.25, 0.3) is 10.9 Å². The molecule has 1 atom stereocenters. The summed E-state index contributed by atoms with van der Waals surface area (Å²) in [5, 5.41) is 0.751. The molecule has 6 nitrogen and oxygen atoms in total. The topological polar surface area (TPSA) is 56.0 Å². The normalized spacial score (nSPS) is 21.1. The predicted octanol–water partition coefficient (Wildman–Crippen LogP) is 3.55. The van der Waals surface area contributed by atoms with Crippen molar-refractivity contribution in [3.8, 4) is 0 Å². The third-order valence-corrected chi connectivity index (χ3v) is 6.39. The third-order valence-electron chi connectivity index (χ3n) is 6.39. The van der Waals surface area contributed by atoms with Gasteiger partial charge in [0.25, 0.3) is 5.56 Å². The first-order chi connectivity index (χ1) is 13.8. The number of hydrogen-bond acceptors (Lipinski definition) is 4. The summed E-state index contributed by atoms with van der Waals surface area (Å²) in [5.74, 6) is 0.985. The number of aromatic nitrogens is 4. The van der Waals surface area contributed by atoms with Gasteiger partial charge >= 0.3 is 0 Å². The molecule has 1 aliphatic heterocycles. The van der Waals surface area contributed by atoms with Crippen LogP contribution in [0.2, 0.25) is 0 Å². The fraction of sp³-hybridized carbons (Fsp3) is 0.500. The van der Waals surface area contributed by atoms with Crippen LogP contribution in [0.5, 0.6) is 0 Å². The van der Waals surface area contributed by atoms with E-state index in [1.54, 1.807) is 0 Å². The first kappa shape index (κ1) is 17.6. The van der Waals surface area contributed by atoms with Gasteiger partial charge in [0, 0.05) is 31.5 Å². The number of benzene rings is 1. The molecule has 1 saturated carbocycles. The lowest BCUT2D eigenvalue weighted by molar-refractivity contribution is 0.228. The fourth-order valence-electron chi connectivity index (χ4n) is 4.96. The highest BCUT2D eigenvalue weighted by Crippen LogP contribution is 2.36. The van der Waals surface area contributed by atoms with Crippen molar-refractivity contribution in [1.29, 1.82) is 0 Å². The quantitative estimate of drug-likeness (QED) is 0.682. The van der Waals surface area contributed by atoms with Gasteiger partial charge in [-0.15, -0.1) is 0 Å². The highest BCUT2D eigenvalue weighted by molar-refractivity contribution is 5.77. The largest absolute Gasteiger partial charge is 0.336 e. The van der Waals surface area contributed by atoms with E-state index in [9.17, 15) is 4.79 Å². The number of fused-ring (bicyclic) bond motifs is 1. The van der Waals surface area contributed by atoms with Crippen LogP contribution in [0.15, 0.2) is 47.8 Å². The smallest absolute Gasteiger partial charge is 0.261 e. The summed E-state index contributed by atoms with van der Waals surface area (Å²) >= 11 is 0. The molecule has 28 heavy (non-hydrogen) atoms. The zero-order valence-electron chi connectivity index (χ0n) is 16.2. The van der Waals surface area contributed by atoms with E-state index in [0.717, 1.165) is 62.0 Å². The molecular formula is C22H27N5O. The summed E-state index contributed by atoms with van der Waals surface area (Å²) in [6, 6.07) is 8.34. The number of para-hydroxylation sites is 1. The van der Waals surface area contributed by atoms with Gasteiger partial charge in [-0.05, 0) is 44.4 Å². The molecule has 3 heterocycles.